The van der Waals surface area contributed by atoms with Crippen molar-refractivity contribution >= 4 is 5.78 Å². The van der Waals surface area contributed by atoms with Gasteiger partial charge in [-0.1, -0.05) is 50.6 Å². The molecule has 0 spiro atoms. The number of hydrogen-bond acceptors (Lipinski definition) is 2. The Hall–Kier alpha value is -1.15. The highest BCUT2D eigenvalue weighted by Gasteiger charge is 2.39. The molecule has 1 rings (SSSR count). The number of ketones is 1. The molecule has 2 heteroatoms. The van der Waals surface area contributed by atoms with Gasteiger partial charge in [0.05, 0.1) is 0 Å². The van der Waals surface area contributed by atoms with Crippen LogP contribution in [0.2, 0.25) is 0 Å². The zero-order valence-electron chi connectivity index (χ0n) is 12.1. The molecule has 0 aromatic heterocycles. The van der Waals surface area contributed by atoms with E-state index in [0.717, 1.165) is 24.8 Å². The lowest BCUT2D eigenvalue weighted by Crippen LogP contribution is -2.47. The van der Waals surface area contributed by atoms with E-state index in [1.807, 2.05) is 32.3 Å². The lowest BCUT2D eigenvalue weighted by atomic mass is 9.80. The Balaban J connectivity index is 3.14. The van der Waals surface area contributed by atoms with Gasteiger partial charge in [-0.2, -0.15) is 0 Å². The van der Waals surface area contributed by atoms with E-state index in [0.29, 0.717) is 12.2 Å². The number of benzene rings is 1. The predicted octanol–water partition coefficient (Wildman–Crippen LogP) is 3.61. The van der Waals surface area contributed by atoms with E-state index in [9.17, 15) is 4.79 Å². The summed E-state index contributed by atoms with van der Waals surface area (Å²) in [7, 11) is 4.00. The predicted molar refractivity (Wildman–Crippen MR) is 76.6 cm³/mol. The van der Waals surface area contributed by atoms with E-state index >= 15 is 0 Å². The standard InChI is InChI=1S/C16H25NO/c1-5-7-13-15(18)16(6-2,17(3)4)14-11-9-8-10-12-14/h8-12H,5-7,13H2,1-4H3/t16-/m0/s1. The SMILES string of the molecule is CCCCC(=O)[C@](CC)(c1ccccc1)N(C)C. The van der Waals surface area contributed by atoms with Crippen molar-refractivity contribution in [3.8, 4) is 0 Å². The van der Waals surface area contributed by atoms with Gasteiger partial charge in [0.15, 0.2) is 5.78 Å². The highest BCUT2D eigenvalue weighted by Crippen LogP contribution is 2.32. The molecule has 2 nitrogen and oxygen atoms in total. The minimum absolute atomic E-state index is 0.336. The zero-order valence-corrected chi connectivity index (χ0v) is 12.1. The van der Waals surface area contributed by atoms with Crippen molar-refractivity contribution in [2.45, 2.75) is 45.1 Å². The maximum absolute atomic E-state index is 12.7. The van der Waals surface area contributed by atoms with Crippen LogP contribution in [0, 0.1) is 0 Å². The van der Waals surface area contributed by atoms with Crippen molar-refractivity contribution in [1.29, 1.82) is 0 Å². The number of rotatable bonds is 7. The Morgan fingerprint density at radius 2 is 1.78 bits per heavy atom. The number of hydrogen-bond donors (Lipinski definition) is 0. The highest BCUT2D eigenvalue weighted by atomic mass is 16.1. The van der Waals surface area contributed by atoms with Crippen molar-refractivity contribution in [3.63, 3.8) is 0 Å². The van der Waals surface area contributed by atoms with Crippen LogP contribution in [-0.4, -0.2) is 24.8 Å². The van der Waals surface area contributed by atoms with Crippen LogP contribution in [0.4, 0.5) is 0 Å². The molecule has 1 aromatic rings. The molecule has 0 aliphatic rings. The fraction of sp³-hybridized carbons (Fsp3) is 0.562. The highest BCUT2D eigenvalue weighted by molar-refractivity contribution is 5.89. The molecule has 0 saturated heterocycles. The first-order valence-corrected chi connectivity index (χ1v) is 6.85. The number of likely N-dealkylation sites (N-methyl/N-ethyl adjacent to an activating group) is 1. The van der Waals surface area contributed by atoms with Crippen molar-refractivity contribution in [3.05, 3.63) is 35.9 Å². The molecule has 0 unspecified atom stereocenters. The first-order chi connectivity index (χ1) is 8.59. The second kappa shape index (κ2) is 6.69. The maximum Gasteiger partial charge on any atom is 0.157 e. The lowest BCUT2D eigenvalue weighted by Gasteiger charge is -2.38. The number of carbonyl (C=O) groups excluding carboxylic acids is 1. The monoisotopic (exact) mass is 247 g/mol. The van der Waals surface area contributed by atoms with Crippen molar-refractivity contribution < 1.29 is 4.79 Å². The summed E-state index contributed by atoms with van der Waals surface area (Å²) in [5, 5.41) is 0. The van der Waals surface area contributed by atoms with E-state index in [1.54, 1.807) is 0 Å². The molecule has 100 valence electrons. The molecule has 0 amide bonds. The van der Waals surface area contributed by atoms with Crippen molar-refractivity contribution in [1.82, 2.24) is 4.90 Å². The molecule has 1 atom stereocenters. The van der Waals surface area contributed by atoms with Gasteiger partial charge >= 0.3 is 0 Å². The summed E-state index contributed by atoms with van der Waals surface area (Å²) in [4.78, 5) is 14.7. The molecule has 1 aromatic carbocycles. The Kier molecular flexibility index (Phi) is 5.54. The van der Waals surface area contributed by atoms with E-state index in [-0.39, 0.29) is 0 Å². The Morgan fingerprint density at radius 3 is 2.22 bits per heavy atom. The minimum Gasteiger partial charge on any atom is -0.297 e. The fourth-order valence-electron chi connectivity index (χ4n) is 2.64. The second-order valence-electron chi connectivity index (χ2n) is 5.00. The fourth-order valence-corrected chi connectivity index (χ4v) is 2.64. The average Bonchev–Trinajstić information content (AvgIpc) is 2.38. The molecule has 0 heterocycles. The van der Waals surface area contributed by atoms with Gasteiger partial charge in [-0.25, -0.2) is 0 Å². The third-order valence-electron chi connectivity index (χ3n) is 3.75. The topological polar surface area (TPSA) is 20.3 Å². The van der Waals surface area contributed by atoms with Crippen LogP contribution < -0.4 is 0 Å². The van der Waals surface area contributed by atoms with Gasteiger partial charge in [0.2, 0.25) is 0 Å². The molecule has 0 fully saturated rings. The molecule has 0 bridgehead atoms. The molecule has 0 radical (unpaired) electrons. The summed E-state index contributed by atoms with van der Waals surface area (Å²) < 4.78 is 0. The quantitative estimate of drug-likeness (QED) is 0.733. The van der Waals surface area contributed by atoms with Gasteiger partial charge < -0.3 is 0 Å². The molecule has 0 aliphatic heterocycles. The number of unbranched alkanes of at least 4 members (excludes halogenated alkanes) is 1. The third kappa shape index (κ3) is 2.81. The Morgan fingerprint density at radius 1 is 1.17 bits per heavy atom. The molecule has 0 N–H and O–H groups in total. The number of Topliss-reactive ketones (excluding diaryl/α,β-unsaturated/α-hetero) is 1. The van der Waals surface area contributed by atoms with E-state index in [4.69, 9.17) is 0 Å². The summed E-state index contributed by atoms with van der Waals surface area (Å²) in [6, 6.07) is 10.1. The van der Waals surface area contributed by atoms with Crippen LogP contribution >= 0.6 is 0 Å². The van der Waals surface area contributed by atoms with Crippen molar-refractivity contribution in [2.75, 3.05) is 14.1 Å². The summed E-state index contributed by atoms with van der Waals surface area (Å²) in [5.41, 5.74) is 0.648. The number of nitrogens with zero attached hydrogens (tertiary/aromatic N) is 1. The van der Waals surface area contributed by atoms with Crippen LogP contribution in [0.3, 0.4) is 0 Å². The lowest BCUT2D eigenvalue weighted by molar-refractivity contribution is -0.130. The Bertz CT molecular complexity index is 372. The van der Waals surface area contributed by atoms with E-state index < -0.39 is 5.54 Å². The minimum atomic E-state index is -0.462. The largest absolute Gasteiger partial charge is 0.297 e. The molecular weight excluding hydrogens is 222 g/mol. The second-order valence-corrected chi connectivity index (χ2v) is 5.00. The van der Waals surface area contributed by atoms with Gasteiger partial charge in [0.25, 0.3) is 0 Å². The van der Waals surface area contributed by atoms with Gasteiger partial charge in [0.1, 0.15) is 5.54 Å². The van der Waals surface area contributed by atoms with Crippen LogP contribution in [0.25, 0.3) is 0 Å². The summed E-state index contributed by atoms with van der Waals surface area (Å²) in [6.07, 6.45) is 3.51. The Labute approximate surface area is 111 Å². The van der Waals surface area contributed by atoms with Crippen LogP contribution in [0.15, 0.2) is 30.3 Å². The maximum atomic E-state index is 12.7. The first-order valence-electron chi connectivity index (χ1n) is 6.85. The van der Waals surface area contributed by atoms with Crippen LogP contribution in [0.5, 0.6) is 0 Å². The van der Waals surface area contributed by atoms with Gasteiger partial charge in [-0.15, -0.1) is 0 Å². The molecule has 0 aliphatic carbocycles. The van der Waals surface area contributed by atoms with E-state index in [2.05, 4.69) is 30.9 Å². The van der Waals surface area contributed by atoms with Gasteiger partial charge in [0, 0.05) is 6.42 Å². The van der Waals surface area contributed by atoms with Crippen LogP contribution in [-0.2, 0) is 10.3 Å². The normalized spacial score (nSPS) is 14.5. The smallest absolute Gasteiger partial charge is 0.157 e. The van der Waals surface area contributed by atoms with Gasteiger partial charge in [-0.3, -0.25) is 9.69 Å². The zero-order chi connectivity index (χ0) is 13.6. The summed E-state index contributed by atoms with van der Waals surface area (Å²) >= 11 is 0. The summed E-state index contributed by atoms with van der Waals surface area (Å²) in [6.45, 7) is 4.22. The number of carbonyl (C=O) groups is 1. The van der Waals surface area contributed by atoms with Crippen LogP contribution in [0.1, 0.15) is 45.1 Å². The molecular formula is C16H25NO. The summed E-state index contributed by atoms with van der Waals surface area (Å²) in [5.74, 6) is 0.336. The third-order valence-corrected chi connectivity index (χ3v) is 3.75. The van der Waals surface area contributed by atoms with Gasteiger partial charge in [-0.05, 0) is 32.5 Å². The molecule has 18 heavy (non-hydrogen) atoms. The van der Waals surface area contributed by atoms with E-state index in [1.165, 1.54) is 0 Å². The average molecular weight is 247 g/mol. The van der Waals surface area contributed by atoms with Crippen molar-refractivity contribution in [2.24, 2.45) is 0 Å². The first kappa shape index (κ1) is 14.9. The molecule has 0 saturated carbocycles.